The molecule has 0 fully saturated rings. The molecule has 86 valence electrons. The summed E-state index contributed by atoms with van der Waals surface area (Å²) >= 11 is 5.82. The normalized spacial score (nSPS) is 25.2. The molecule has 0 aliphatic carbocycles. The van der Waals surface area contributed by atoms with Gasteiger partial charge in [-0.3, -0.25) is 0 Å². The molecule has 1 aliphatic heterocycles. The fourth-order valence-electron chi connectivity index (χ4n) is 2.58. The van der Waals surface area contributed by atoms with Crippen molar-refractivity contribution < 1.29 is 4.58 Å². The van der Waals surface area contributed by atoms with Crippen LogP contribution in [-0.2, 0) is 0 Å². The quantitative estimate of drug-likeness (QED) is 0.570. The summed E-state index contributed by atoms with van der Waals surface area (Å²) in [7, 11) is 2.19. The molecule has 0 N–H and O–H groups in total. The van der Waals surface area contributed by atoms with Crippen molar-refractivity contribution in [1.82, 2.24) is 4.98 Å². The fourth-order valence-corrected chi connectivity index (χ4v) is 2.69. The number of aromatic nitrogens is 1. The Bertz CT molecular complexity index is 408. The van der Waals surface area contributed by atoms with Crippen LogP contribution in [0.4, 0.5) is 0 Å². The van der Waals surface area contributed by atoms with Gasteiger partial charge in [0.2, 0.25) is 0 Å². The lowest BCUT2D eigenvalue weighted by Crippen LogP contribution is -2.17. The molecule has 2 atom stereocenters. The first-order chi connectivity index (χ1) is 7.63. The zero-order valence-electron chi connectivity index (χ0n) is 10.1. The molecule has 1 aromatic heterocycles. The molecular weight excluding hydrogens is 220 g/mol. The molecule has 0 bridgehead atoms. The van der Waals surface area contributed by atoms with Gasteiger partial charge >= 0.3 is 0 Å². The number of hydrogen-bond donors (Lipinski definition) is 0. The smallest absolute Gasteiger partial charge is 0.159 e. The predicted molar refractivity (Wildman–Crippen MR) is 67.5 cm³/mol. The Morgan fingerprint density at radius 3 is 2.81 bits per heavy atom. The van der Waals surface area contributed by atoms with Crippen molar-refractivity contribution in [3.63, 3.8) is 0 Å². The standard InChI is InChI=1S/C13H18ClN2/c1-4-12-11(7-9(2)16(12)3)10-5-6-13(14)15-8-10/h5-6,8-9,11H,4,7H2,1-3H3/q+1/t9-,11+/m0/s1. The largest absolute Gasteiger partial charge is 0.244 e. The number of nitrogens with zero attached hydrogens (tertiary/aromatic N) is 2. The van der Waals surface area contributed by atoms with E-state index in [1.165, 1.54) is 17.7 Å². The first-order valence-electron chi connectivity index (χ1n) is 5.83. The lowest BCUT2D eigenvalue weighted by atomic mass is 9.92. The second-order valence-electron chi connectivity index (χ2n) is 4.51. The van der Waals surface area contributed by atoms with E-state index in [-0.39, 0.29) is 0 Å². The number of rotatable bonds is 2. The Morgan fingerprint density at radius 2 is 2.25 bits per heavy atom. The van der Waals surface area contributed by atoms with Gasteiger partial charge in [-0.05, 0) is 18.6 Å². The monoisotopic (exact) mass is 237 g/mol. The van der Waals surface area contributed by atoms with Gasteiger partial charge in [0.15, 0.2) is 11.8 Å². The summed E-state index contributed by atoms with van der Waals surface area (Å²) < 4.78 is 2.40. The van der Waals surface area contributed by atoms with Crippen LogP contribution in [0.25, 0.3) is 0 Å². The van der Waals surface area contributed by atoms with Crippen LogP contribution < -0.4 is 0 Å². The molecule has 0 radical (unpaired) electrons. The van der Waals surface area contributed by atoms with Crippen molar-refractivity contribution in [1.29, 1.82) is 0 Å². The lowest BCUT2D eigenvalue weighted by molar-refractivity contribution is -0.526. The SMILES string of the molecule is CCC1=[N+](C)[C@@H](C)C[C@@H]1c1ccc(Cl)nc1. The van der Waals surface area contributed by atoms with Crippen LogP contribution in [0, 0.1) is 0 Å². The molecule has 2 heterocycles. The Kier molecular flexibility index (Phi) is 3.29. The van der Waals surface area contributed by atoms with Crippen molar-refractivity contribution in [3.05, 3.63) is 29.0 Å². The van der Waals surface area contributed by atoms with Crippen LogP contribution >= 0.6 is 11.6 Å². The maximum Gasteiger partial charge on any atom is 0.159 e. The molecule has 0 spiro atoms. The minimum absolute atomic E-state index is 0.523. The number of hydrogen-bond acceptors (Lipinski definition) is 1. The Balaban J connectivity index is 2.32. The molecule has 0 saturated carbocycles. The van der Waals surface area contributed by atoms with Crippen LogP contribution in [0.2, 0.25) is 5.15 Å². The average molecular weight is 238 g/mol. The molecule has 1 aromatic rings. The van der Waals surface area contributed by atoms with Crippen LogP contribution in [-0.4, -0.2) is 28.4 Å². The molecule has 0 unspecified atom stereocenters. The van der Waals surface area contributed by atoms with Crippen molar-refractivity contribution in [3.8, 4) is 0 Å². The highest BCUT2D eigenvalue weighted by molar-refractivity contribution is 6.29. The molecule has 0 aromatic carbocycles. The minimum atomic E-state index is 0.523. The molecule has 1 aliphatic rings. The summed E-state index contributed by atoms with van der Waals surface area (Å²) in [4.78, 5) is 4.18. The molecule has 2 nitrogen and oxygen atoms in total. The summed E-state index contributed by atoms with van der Waals surface area (Å²) in [6.07, 6.45) is 4.20. The molecule has 0 amide bonds. The molecule has 0 saturated heterocycles. The molecule has 2 rings (SSSR count). The predicted octanol–water partition coefficient (Wildman–Crippen LogP) is 3.10. The second-order valence-corrected chi connectivity index (χ2v) is 4.89. The van der Waals surface area contributed by atoms with Gasteiger partial charge in [-0.15, -0.1) is 0 Å². The van der Waals surface area contributed by atoms with Crippen LogP contribution in [0.1, 0.15) is 38.2 Å². The van der Waals surface area contributed by atoms with Crippen molar-refractivity contribution in [2.75, 3.05) is 7.05 Å². The lowest BCUT2D eigenvalue weighted by Gasteiger charge is -2.07. The maximum absolute atomic E-state index is 5.82. The van der Waals surface area contributed by atoms with Gasteiger partial charge in [0.25, 0.3) is 0 Å². The van der Waals surface area contributed by atoms with E-state index in [0.717, 1.165) is 6.42 Å². The van der Waals surface area contributed by atoms with E-state index >= 15 is 0 Å². The first kappa shape index (κ1) is 11.6. The third-order valence-corrected chi connectivity index (χ3v) is 3.83. The summed E-state index contributed by atoms with van der Waals surface area (Å²) in [5, 5.41) is 0.571. The van der Waals surface area contributed by atoms with E-state index < -0.39 is 0 Å². The van der Waals surface area contributed by atoms with Gasteiger partial charge in [-0.2, -0.15) is 0 Å². The summed E-state index contributed by atoms with van der Waals surface area (Å²) in [5.74, 6) is 0.523. The zero-order chi connectivity index (χ0) is 11.7. The first-order valence-corrected chi connectivity index (χ1v) is 6.21. The summed E-state index contributed by atoms with van der Waals surface area (Å²) in [6, 6.07) is 4.60. The van der Waals surface area contributed by atoms with E-state index in [2.05, 4.69) is 36.5 Å². The number of pyridine rings is 1. The summed E-state index contributed by atoms with van der Waals surface area (Å²) in [5.41, 5.74) is 2.80. The average Bonchev–Trinajstić information content (AvgIpc) is 2.56. The van der Waals surface area contributed by atoms with Gasteiger partial charge in [0.1, 0.15) is 12.2 Å². The second kappa shape index (κ2) is 4.54. The summed E-state index contributed by atoms with van der Waals surface area (Å²) in [6.45, 7) is 4.50. The van der Waals surface area contributed by atoms with E-state index in [1.807, 2.05) is 12.3 Å². The Hall–Kier alpha value is -0.890. The molecular formula is C13H18ClN2+. The molecule has 3 heteroatoms. The van der Waals surface area contributed by atoms with E-state index in [1.54, 1.807) is 0 Å². The molecule has 16 heavy (non-hydrogen) atoms. The fraction of sp³-hybridized carbons (Fsp3) is 0.538. The van der Waals surface area contributed by atoms with Gasteiger partial charge in [0, 0.05) is 19.0 Å². The van der Waals surface area contributed by atoms with E-state index in [0.29, 0.717) is 17.1 Å². The van der Waals surface area contributed by atoms with Crippen molar-refractivity contribution in [2.45, 2.75) is 38.6 Å². The van der Waals surface area contributed by atoms with E-state index in [4.69, 9.17) is 11.6 Å². The Morgan fingerprint density at radius 1 is 1.50 bits per heavy atom. The van der Waals surface area contributed by atoms with Gasteiger partial charge in [-0.25, -0.2) is 9.56 Å². The van der Waals surface area contributed by atoms with Gasteiger partial charge < -0.3 is 0 Å². The highest BCUT2D eigenvalue weighted by Crippen LogP contribution is 2.30. The highest BCUT2D eigenvalue weighted by atomic mass is 35.5. The topological polar surface area (TPSA) is 15.9 Å². The van der Waals surface area contributed by atoms with Crippen molar-refractivity contribution >= 4 is 17.3 Å². The van der Waals surface area contributed by atoms with E-state index in [9.17, 15) is 0 Å². The van der Waals surface area contributed by atoms with Crippen LogP contribution in [0.5, 0.6) is 0 Å². The van der Waals surface area contributed by atoms with Crippen molar-refractivity contribution in [2.24, 2.45) is 0 Å². The third kappa shape index (κ3) is 1.99. The zero-order valence-corrected chi connectivity index (χ0v) is 10.8. The van der Waals surface area contributed by atoms with Gasteiger partial charge in [0.05, 0.1) is 5.92 Å². The third-order valence-electron chi connectivity index (χ3n) is 3.61. The van der Waals surface area contributed by atoms with Crippen LogP contribution in [0.15, 0.2) is 18.3 Å². The van der Waals surface area contributed by atoms with Gasteiger partial charge in [-0.1, -0.05) is 24.6 Å². The number of halogens is 1. The Labute approximate surface area is 102 Å². The minimum Gasteiger partial charge on any atom is -0.244 e. The maximum atomic E-state index is 5.82. The highest BCUT2D eigenvalue weighted by Gasteiger charge is 2.35. The van der Waals surface area contributed by atoms with Crippen LogP contribution in [0.3, 0.4) is 0 Å².